The van der Waals surface area contributed by atoms with Crippen molar-refractivity contribution in [2.45, 2.75) is 17.2 Å². The zero-order valence-electron chi connectivity index (χ0n) is 14.2. The van der Waals surface area contributed by atoms with Crippen LogP contribution in [-0.2, 0) is 19.6 Å². The van der Waals surface area contributed by atoms with Crippen LogP contribution in [0, 0.1) is 0 Å². The number of sulfonamides is 1. The molecule has 0 unspecified atom stereocenters. The van der Waals surface area contributed by atoms with Gasteiger partial charge in [-0.15, -0.1) is 11.3 Å². The number of rotatable bonds is 6. The molecule has 10 heteroatoms. The van der Waals surface area contributed by atoms with Crippen LogP contribution < -0.4 is 4.72 Å². The van der Waals surface area contributed by atoms with Crippen LogP contribution >= 0.6 is 22.9 Å². The molecule has 2 aromatic rings. The molecule has 0 saturated carbocycles. The van der Waals surface area contributed by atoms with Gasteiger partial charge in [0.1, 0.15) is 4.21 Å². The summed E-state index contributed by atoms with van der Waals surface area (Å²) in [5.41, 5.74) is 0.0451. The van der Waals surface area contributed by atoms with Gasteiger partial charge in [-0.05, 0) is 31.2 Å². The van der Waals surface area contributed by atoms with E-state index in [0.717, 1.165) is 11.3 Å². The molecule has 0 saturated heterocycles. The van der Waals surface area contributed by atoms with Crippen molar-refractivity contribution in [2.24, 2.45) is 0 Å². The van der Waals surface area contributed by atoms with E-state index in [0.29, 0.717) is 4.34 Å². The van der Waals surface area contributed by atoms with Gasteiger partial charge in [0.15, 0.2) is 6.10 Å². The van der Waals surface area contributed by atoms with E-state index in [1.54, 1.807) is 26.2 Å². The van der Waals surface area contributed by atoms with Gasteiger partial charge in [0.05, 0.1) is 15.6 Å². The molecule has 1 amide bonds. The van der Waals surface area contributed by atoms with Crippen molar-refractivity contribution in [3.8, 4) is 0 Å². The Kier molecular flexibility index (Phi) is 6.27. The first kappa shape index (κ1) is 20.2. The molecule has 140 valence electrons. The van der Waals surface area contributed by atoms with E-state index in [1.807, 2.05) is 0 Å². The Hall–Kier alpha value is -2.10. The summed E-state index contributed by atoms with van der Waals surface area (Å²) in [6.07, 6.45) is -1.00. The Morgan fingerprint density at radius 3 is 2.42 bits per heavy atom. The average Bonchev–Trinajstić information content (AvgIpc) is 3.01. The minimum absolute atomic E-state index is 0.00265. The highest BCUT2D eigenvalue weighted by Gasteiger charge is 2.24. The minimum atomic E-state index is -3.91. The molecule has 7 nitrogen and oxygen atoms in total. The normalized spacial score (nSPS) is 12.3. The largest absolute Gasteiger partial charge is 0.449 e. The number of anilines is 1. The first-order chi connectivity index (χ1) is 12.1. The zero-order valence-corrected chi connectivity index (χ0v) is 16.6. The van der Waals surface area contributed by atoms with Gasteiger partial charge in [-0.3, -0.25) is 9.52 Å². The van der Waals surface area contributed by atoms with Crippen molar-refractivity contribution < 1.29 is 22.7 Å². The number of esters is 1. The van der Waals surface area contributed by atoms with Gasteiger partial charge in [0, 0.05) is 14.1 Å². The number of carbonyl (C=O) groups is 2. The van der Waals surface area contributed by atoms with Crippen LogP contribution in [0.25, 0.3) is 0 Å². The molecule has 2 rings (SSSR count). The number of para-hydroxylation sites is 1. The van der Waals surface area contributed by atoms with Gasteiger partial charge in [0.2, 0.25) is 0 Å². The summed E-state index contributed by atoms with van der Waals surface area (Å²) in [5, 5.41) is 0. The van der Waals surface area contributed by atoms with Crippen LogP contribution in [0.4, 0.5) is 5.69 Å². The maximum absolute atomic E-state index is 12.4. The lowest BCUT2D eigenvalue weighted by molar-refractivity contribution is -0.137. The SMILES string of the molecule is C[C@H](OC(=O)c1ccccc1NS(=O)(=O)c1ccc(Cl)s1)C(=O)N(C)C. The van der Waals surface area contributed by atoms with Gasteiger partial charge < -0.3 is 9.64 Å². The molecule has 0 aliphatic heterocycles. The van der Waals surface area contributed by atoms with Crippen LogP contribution in [0.2, 0.25) is 4.34 Å². The summed E-state index contributed by atoms with van der Waals surface area (Å²) >= 11 is 6.67. The Bertz CT molecular complexity index is 924. The number of amides is 1. The molecule has 1 N–H and O–H groups in total. The van der Waals surface area contributed by atoms with Crippen molar-refractivity contribution in [3.63, 3.8) is 0 Å². The van der Waals surface area contributed by atoms with E-state index >= 15 is 0 Å². The fourth-order valence-corrected chi connectivity index (χ4v) is 4.59. The van der Waals surface area contributed by atoms with Crippen molar-refractivity contribution in [1.29, 1.82) is 0 Å². The minimum Gasteiger partial charge on any atom is -0.449 e. The molecule has 1 heterocycles. The topological polar surface area (TPSA) is 92.8 Å². The lowest BCUT2D eigenvalue weighted by Gasteiger charge is -2.18. The number of hydrogen-bond acceptors (Lipinski definition) is 6. The quantitative estimate of drug-likeness (QED) is 0.731. The van der Waals surface area contributed by atoms with E-state index in [-0.39, 0.29) is 21.4 Å². The Morgan fingerprint density at radius 1 is 1.19 bits per heavy atom. The number of nitrogens with zero attached hydrogens (tertiary/aromatic N) is 1. The van der Waals surface area contributed by atoms with E-state index in [1.165, 1.54) is 36.1 Å². The lowest BCUT2D eigenvalue weighted by Crippen LogP contribution is -2.35. The molecule has 0 spiro atoms. The third-order valence-electron chi connectivity index (χ3n) is 3.28. The fraction of sp³-hybridized carbons (Fsp3) is 0.250. The van der Waals surface area contributed by atoms with Gasteiger partial charge >= 0.3 is 5.97 Å². The molecule has 1 aromatic carbocycles. The molecule has 0 bridgehead atoms. The number of likely N-dealkylation sites (N-methyl/N-ethyl adjacent to an activating group) is 1. The number of carbonyl (C=O) groups excluding carboxylic acids is 2. The molecular weight excluding hydrogens is 400 g/mol. The van der Waals surface area contributed by atoms with Gasteiger partial charge in [-0.2, -0.15) is 0 Å². The van der Waals surface area contributed by atoms with Gasteiger partial charge in [-0.25, -0.2) is 13.2 Å². The molecular formula is C16H17ClN2O5S2. The van der Waals surface area contributed by atoms with Crippen LogP contribution in [0.3, 0.4) is 0 Å². The highest BCUT2D eigenvalue weighted by Crippen LogP contribution is 2.28. The first-order valence-corrected chi connectivity index (χ1v) is 10.1. The van der Waals surface area contributed by atoms with E-state index < -0.39 is 22.1 Å². The molecule has 0 radical (unpaired) electrons. The number of thiophene rings is 1. The van der Waals surface area contributed by atoms with Crippen molar-refractivity contribution in [1.82, 2.24) is 4.90 Å². The Morgan fingerprint density at radius 2 is 1.85 bits per heavy atom. The zero-order chi connectivity index (χ0) is 19.5. The lowest BCUT2D eigenvalue weighted by atomic mass is 10.2. The molecule has 0 fully saturated rings. The Balaban J connectivity index is 2.25. The second kappa shape index (κ2) is 8.07. The predicted molar refractivity (Wildman–Crippen MR) is 100 cm³/mol. The summed E-state index contributed by atoms with van der Waals surface area (Å²) in [7, 11) is -0.821. The highest BCUT2D eigenvalue weighted by atomic mass is 35.5. The smallest absolute Gasteiger partial charge is 0.341 e. The number of nitrogens with one attached hydrogen (secondary N) is 1. The maximum Gasteiger partial charge on any atom is 0.341 e. The van der Waals surface area contributed by atoms with Crippen LogP contribution in [0.1, 0.15) is 17.3 Å². The number of hydrogen-bond donors (Lipinski definition) is 1. The number of benzene rings is 1. The third-order valence-corrected chi connectivity index (χ3v) is 6.37. The van der Waals surface area contributed by atoms with Crippen molar-refractivity contribution >= 4 is 50.5 Å². The monoisotopic (exact) mass is 416 g/mol. The molecule has 1 atom stereocenters. The highest BCUT2D eigenvalue weighted by molar-refractivity contribution is 7.94. The van der Waals surface area contributed by atoms with Gasteiger partial charge in [0.25, 0.3) is 15.9 Å². The standard InChI is InChI=1S/C16H17ClN2O5S2/c1-10(15(20)19(2)3)24-16(21)11-6-4-5-7-12(11)18-26(22,23)14-9-8-13(17)25-14/h4-10,18H,1-3H3/t10-/m0/s1. The molecule has 0 aliphatic carbocycles. The van der Waals surface area contributed by atoms with E-state index in [4.69, 9.17) is 16.3 Å². The predicted octanol–water partition coefficient (Wildman–Crippen LogP) is 2.84. The van der Waals surface area contributed by atoms with Crippen LogP contribution in [0.5, 0.6) is 0 Å². The van der Waals surface area contributed by atoms with Crippen molar-refractivity contribution in [3.05, 3.63) is 46.3 Å². The second-order valence-corrected chi connectivity index (χ2v) is 9.11. The number of ether oxygens (including phenoxy) is 1. The summed E-state index contributed by atoms with van der Waals surface area (Å²) in [6.45, 7) is 1.45. The fourth-order valence-electron chi connectivity index (χ4n) is 2.03. The van der Waals surface area contributed by atoms with Gasteiger partial charge in [-0.1, -0.05) is 23.7 Å². The first-order valence-electron chi connectivity index (χ1n) is 7.41. The Labute approximate surface area is 160 Å². The third kappa shape index (κ3) is 4.75. The van der Waals surface area contributed by atoms with Crippen molar-refractivity contribution in [2.75, 3.05) is 18.8 Å². The van der Waals surface area contributed by atoms with Crippen LogP contribution in [0.15, 0.2) is 40.6 Å². The van der Waals surface area contributed by atoms with E-state index in [2.05, 4.69) is 4.72 Å². The molecule has 26 heavy (non-hydrogen) atoms. The van der Waals surface area contributed by atoms with E-state index in [9.17, 15) is 18.0 Å². The number of halogens is 1. The molecule has 1 aromatic heterocycles. The molecule has 0 aliphatic rings. The maximum atomic E-state index is 12.4. The summed E-state index contributed by atoms with van der Waals surface area (Å²) in [5.74, 6) is -1.19. The summed E-state index contributed by atoms with van der Waals surface area (Å²) in [4.78, 5) is 25.5. The van der Waals surface area contributed by atoms with Crippen LogP contribution in [-0.4, -0.2) is 45.4 Å². The summed E-state index contributed by atoms with van der Waals surface area (Å²) in [6, 6.07) is 8.82. The summed E-state index contributed by atoms with van der Waals surface area (Å²) < 4.78 is 32.7. The second-order valence-electron chi connectivity index (χ2n) is 5.49. The average molecular weight is 417 g/mol.